The summed E-state index contributed by atoms with van der Waals surface area (Å²) < 4.78 is 8.66. The standard InChI is InChI=1S/C10H14O8/c1-3-5(11)17-7(9(13)14)8(10(15)16)18-6(12)4-2/h7-8H,3-4H2,1-2H3,(H,13,14)(H,15,16)/p-2. The van der Waals surface area contributed by atoms with Gasteiger partial charge in [0.15, 0.2) is 12.2 Å². The van der Waals surface area contributed by atoms with E-state index in [9.17, 15) is 29.4 Å². The fourth-order valence-corrected chi connectivity index (χ4v) is 0.917. The van der Waals surface area contributed by atoms with E-state index in [4.69, 9.17) is 0 Å². The lowest BCUT2D eigenvalue weighted by Crippen LogP contribution is -2.55. The van der Waals surface area contributed by atoms with Gasteiger partial charge in [-0.25, -0.2) is 0 Å². The van der Waals surface area contributed by atoms with Crippen LogP contribution in [0.5, 0.6) is 0 Å². The summed E-state index contributed by atoms with van der Waals surface area (Å²) in [6.07, 6.45) is -4.83. The molecule has 0 spiro atoms. The molecule has 0 fully saturated rings. The number of rotatable bonds is 7. The Labute approximate surface area is 102 Å². The zero-order chi connectivity index (χ0) is 14.3. The number of carbonyl (C=O) groups is 4. The Balaban J connectivity index is 4.99. The van der Waals surface area contributed by atoms with Crippen molar-refractivity contribution in [3.63, 3.8) is 0 Å². The third-order valence-electron chi connectivity index (χ3n) is 1.83. The minimum atomic E-state index is -2.24. The highest BCUT2D eigenvalue weighted by atomic mass is 16.6. The van der Waals surface area contributed by atoms with E-state index in [2.05, 4.69) is 9.47 Å². The van der Waals surface area contributed by atoms with Crippen LogP contribution in [-0.4, -0.2) is 36.1 Å². The van der Waals surface area contributed by atoms with Gasteiger partial charge in [0.25, 0.3) is 0 Å². The van der Waals surface area contributed by atoms with E-state index >= 15 is 0 Å². The number of ether oxygens (including phenoxy) is 2. The molecule has 0 aromatic rings. The number of aliphatic carboxylic acids is 2. The number of carboxylic acids is 2. The van der Waals surface area contributed by atoms with Gasteiger partial charge < -0.3 is 29.3 Å². The maximum Gasteiger partial charge on any atom is 0.306 e. The van der Waals surface area contributed by atoms with Gasteiger partial charge in [0.05, 0.1) is 11.9 Å². The minimum absolute atomic E-state index is 0.175. The van der Waals surface area contributed by atoms with Gasteiger partial charge in [-0.3, -0.25) is 9.59 Å². The molecule has 0 aromatic carbocycles. The van der Waals surface area contributed by atoms with Crippen molar-refractivity contribution in [2.45, 2.75) is 38.9 Å². The smallest absolute Gasteiger partial charge is 0.306 e. The maximum atomic E-state index is 10.9. The molecule has 0 aromatic heterocycles. The molecule has 0 N–H and O–H groups in total. The van der Waals surface area contributed by atoms with Gasteiger partial charge in [0, 0.05) is 12.8 Å². The van der Waals surface area contributed by atoms with Crippen molar-refractivity contribution in [3.05, 3.63) is 0 Å². The van der Waals surface area contributed by atoms with Crippen LogP contribution in [0, 0.1) is 0 Å². The Bertz CT molecular complexity index is 314. The normalized spacial score (nSPS) is 13.2. The van der Waals surface area contributed by atoms with Crippen LogP contribution < -0.4 is 10.2 Å². The van der Waals surface area contributed by atoms with Crippen LogP contribution in [0.15, 0.2) is 0 Å². The van der Waals surface area contributed by atoms with Gasteiger partial charge in [0.2, 0.25) is 0 Å². The van der Waals surface area contributed by atoms with E-state index in [1.165, 1.54) is 13.8 Å². The lowest BCUT2D eigenvalue weighted by Gasteiger charge is -2.27. The average molecular weight is 260 g/mol. The molecule has 8 nitrogen and oxygen atoms in total. The van der Waals surface area contributed by atoms with E-state index in [0.29, 0.717) is 0 Å². The van der Waals surface area contributed by atoms with Gasteiger partial charge in [-0.1, -0.05) is 13.8 Å². The number of carboxylic acid groups (broad SMARTS) is 2. The van der Waals surface area contributed by atoms with Crippen LogP contribution >= 0.6 is 0 Å². The summed E-state index contributed by atoms with van der Waals surface area (Å²) in [4.78, 5) is 43.3. The summed E-state index contributed by atoms with van der Waals surface area (Å²) in [6.45, 7) is 2.75. The Kier molecular flexibility index (Phi) is 6.40. The molecule has 2 atom stereocenters. The molecular weight excluding hydrogens is 248 g/mol. The topological polar surface area (TPSA) is 133 Å². The second-order valence-corrected chi connectivity index (χ2v) is 3.17. The van der Waals surface area contributed by atoms with Crippen molar-refractivity contribution in [2.75, 3.05) is 0 Å². The van der Waals surface area contributed by atoms with E-state index in [1.54, 1.807) is 0 Å². The molecule has 18 heavy (non-hydrogen) atoms. The van der Waals surface area contributed by atoms with Gasteiger partial charge in [-0.05, 0) is 0 Å². The van der Waals surface area contributed by atoms with E-state index < -0.39 is 36.1 Å². The first-order valence-corrected chi connectivity index (χ1v) is 5.14. The zero-order valence-corrected chi connectivity index (χ0v) is 9.83. The molecule has 0 saturated carbocycles. The van der Waals surface area contributed by atoms with Crippen molar-refractivity contribution in [1.29, 1.82) is 0 Å². The quantitative estimate of drug-likeness (QED) is 0.446. The van der Waals surface area contributed by atoms with E-state index in [0.717, 1.165) is 0 Å². The molecule has 0 aliphatic carbocycles. The van der Waals surface area contributed by atoms with Crippen LogP contribution in [0.1, 0.15) is 26.7 Å². The molecule has 0 aliphatic rings. The summed E-state index contributed by atoms with van der Waals surface area (Å²) in [5.74, 6) is -5.92. The van der Waals surface area contributed by atoms with Crippen molar-refractivity contribution in [1.82, 2.24) is 0 Å². The van der Waals surface area contributed by atoms with Crippen LogP contribution in [0.25, 0.3) is 0 Å². The molecule has 0 aliphatic heterocycles. The number of carbonyl (C=O) groups excluding carboxylic acids is 4. The molecule has 0 heterocycles. The molecular formula is C10H12O8-2. The van der Waals surface area contributed by atoms with Crippen molar-refractivity contribution in [2.24, 2.45) is 0 Å². The minimum Gasteiger partial charge on any atom is -0.546 e. The molecule has 0 saturated heterocycles. The molecule has 8 heteroatoms. The molecule has 2 unspecified atom stereocenters. The summed E-state index contributed by atoms with van der Waals surface area (Å²) >= 11 is 0. The van der Waals surface area contributed by atoms with Crippen LogP contribution in [0.3, 0.4) is 0 Å². The van der Waals surface area contributed by atoms with Gasteiger partial charge >= 0.3 is 11.9 Å². The van der Waals surface area contributed by atoms with Gasteiger partial charge in [-0.15, -0.1) is 0 Å². The molecule has 102 valence electrons. The molecule has 0 amide bonds. The first kappa shape index (κ1) is 15.9. The number of hydrogen-bond acceptors (Lipinski definition) is 8. The second kappa shape index (κ2) is 7.25. The Hall–Kier alpha value is -2.12. The Morgan fingerprint density at radius 1 is 0.833 bits per heavy atom. The first-order valence-electron chi connectivity index (χ1n) is 5.14. The predicted molar refractivity (Wildman–Crippen MR) is 50.4 cm³/mol. The molecule has 0 bridgehead atoms. The monoisotopic (exact) mass is 260 g/mol. The average Bonchev–Trinajstić information content (AvgIpc) is 2.31. The highest BCUT2D eigenvalue weighted by Gasteiger charge is 2.30. The SMILES string of the molecule is CCC(=O)OC(C(=O)[O-])C(OC(=O)CC)C(=O)[O-]. The predicted octanol–water partition coefficient (Wildman–Crippen LogP) is -2.87. The Morgan fingerprint density at radius 2 is 1.11 bits per heavy atom. The Morgan fingerprint density at radius 3 is 1.28 bits per heavy atom. The fraction of sp³-hybridized carbons (Fsp3) is 0.600. The molecule has 0 rings (SSSR count). The van der Waals surface area contributed by atoms with Gasteiger partial charge in [-0.2, -0.15) is 0 Å². The third kappa shape index (κ3) is 4.81. The van der Waals surface area contributed by atoms with Crippen molar-refractivity contribution in [3.8, 4) is 0 Å². The number of esters is 2. The summed E-state index contributed by atoms with van der Waals surface area (Å²) in [6, 6.07) is 0. The highest BCUT2D eigenvalue weighted by Crippen LogP contribution is 2.07. The number of hydrogen-bond donors (Lipinski definition) is 0. The summed E-state index contributed by atoms with van der Waals surface area (Å²) in [5.41, 5.74) is 0. The summed E-state index contributed by atoms with van der Waals surface area (Å²) in [7, 11) is 0. The van der Waals surface area contributed by atoms with Crippen LogP contribution in [-0.2, 0) is 28.7 Å². The fourth-order valence-electron chi connectivity index (χ4n) is 0.917. The zero-order valence-electron chi connectivity index (χ0n) is 9.83. The largest absolute Gasteiger partial charge is 0.546 e. The summed E-state index contributed by atoms with van der Waals surface area (Å²) in [5, 5.41) is 21.4. The lowest BCUT2D eigenvalue weighted by atomic mass is 10.2. The lowest BCUT2D eigenvalue weighted by molar-refractivity contribution is -0.334. The third-order valence-corrected chi connectivity index (χ3v) is 1.83. The van der Waals surface area contributed by atoms with E-state index in [1.807, 2.05) is 0 Å². The van der Waals surface area contributed by atoms with Crippen LogP contribution in [0.4, 0.5) is 0 Å². The maximum absolute atomic E-state index is 10.9. The van der Waals surface area contributed by atoms with Crippen molar-refractivity contribution < 1.29 is 38.9 Å². The molecule has 0 radical (unpaired) electrons. The van der Waals surface area contributed by atoms with Crippen LogP contribution in [0.2, 0.25) is 0 Å². The highest BCUT2D eigenvalue weighted by molar-refractivity contribution is 5.86. The van der Waals surface area contributed by atoms with Gasteiger partial charge in [0.1, 0.15) is 0 Å². The van der Waals surface area contributed by atoms with Crippen molar-refractivity contribution >= 4 is 23.9 Å². The first-order chi connectivity index (χ1) is 8.33. The second-order valence-electron chi connectivity index (χ2n) is 3.17. The van der Waals surface area contributed by atoms with E-state index in [-0.39, 0.29) is 12.8 Å².